The summed E-state index contributed by atoms with van der Waals surface area (Å²) in [7, 11) is -4.15. The van der Waals surface area contributed by atoms with Crippen LogP contribution in [0, 0.1) is 11.3 Å². The third-order valence-corrected chi connectivity index (χ3v) is 7.05. The van der Waals surface area contributed by atoms with Crippen molar-refractivity contribution in [3.63, 3.8) is 0 Å². The minimum absolute atomic E-state index is 0.132. The van der Waals surface area contributed by atoms with Gasteiger partial charge in [-0.1, -0.05) is 23.7 Å². The van der Waals surface area contributed by atoms with E-state index in [1.54, 1.807) is 18.2 Å². The zero-order chi connectivity index (χ0) is 21.2. The van der Waals surface area contributed by atoms with Crippen molar-refractivity contribution in [3.05, 3.63) is 64.2 Å². The molecule has 2 aromatic rings. The molecule has 0 N–H and O–H groups in total. The summed E-state index contributed by atoms with van der Waals surface area (Å²) in [5.41, 5.74) is 0.417. The largest absolute Gasteiger partial charge is 0.416 e. The molecular formula is C19H17ClF3N3O2S. The number of benzene rings is 2. The van der Waals surface area contributed by atoms with Crippen LogP contribution in [0.3, 0.4) is 0 Å². The van der Waals surface area contributed by atoms with Crippen LogP contribution >= 0.6 is 11.6 Å². The molecule has 3 rings (SSSR count). The minimum Gasteiger partial charge on any atom is -0.296 e. The van der Waals surface area contributed by atoms with Gasteiger partial charge in [-0.15, -0.1) is 0 Å². The molecule has 0 radical (unpaired) electrons. The topological polar surface area (TPSA) is 64.4 Å². The molecule has 154 valence electrons. The number of nitrogens with zero attached hydrogens (tertiary/aromatic N) is 3. The smallest absolute Gasteiger partial charge is 0.296 e. The first-order chi connectivity index (χ1) is 13.6. The summed E-state index contributed by atoms with van der Waals surface area (Å²) in [5.74, 6) is 0. The Bertz CT molecular complexity index is 1040. The number of hydrogen-bond donors (Lipinski definition) is 0. The molecule has 0 saturated carbocycles. The summed E-state index contributed by atoms with van der Waals surface area (Å²) in [6, 6.07) is 11.5. The molecule has 0 spiro atoms. The van der Waals surface area contributed by atoms with Crippen LogP contribution in [-0.4, -0.2) is 43.8 Å². The van der Waals surface area contributed by atoms with Crippen molar-refractivity contribution in [2.75, 3.05) is 26.2 Å². The van der Waals surface area contributed by atoms with Gasteiger partial charge in [0, 0.05) is 32.7 Å². The number of piperazine rings is 1. The van der Waals surface area contributed by atoms with Crippen LogP contribution < -0.4 is 0 Å². The average Bonchev–Trinajstić information content (AvgIpc) is 2.68. The third-order valence-electron chi connectivity index (χ3n) is 4.67. The lowest BCUT2D eigenvalue weighted by molar-refractivity contribution is -0.137. The van der Waals surface area contributed by atoms with E-state index in [0.29, 0.717) is 31.3 Å². The molecule has 29 heavy (non-hydrogen) atoms. The standard InChI is InChI=1S/C19H17ClF3N3O2S/c20-17-5-4-16(19(21,22)23)11-18(17)29(27,28)26-8-6-25(7-9-26)13-15-3-1-2-14(10-15)12-24/h1-5,10-11H,6-9,13H2. The lowest BCUT2D eigenvalue weighted by Gasteiger charge is -2.34. The first kappa shape index (κ1) is 21.6. The van der Waals surface area contributed by atoms with Gasteiger partial charge in [0.05, 0.1) is 22.2 Å². The molecule has 1 saturated heterocycles. The van der Waals surface area contributed by atoms with E-state index >= 15 is 0 Å². The number of hydrogen-bond acceptors (Lipinski definition) is 4. The van der Waals surface area contributed by atoms with Crippen LogP contribution in [0.25, 0.3) is 0 Å². The van der Waals surface area contributed by atoms with Gasteiger partial charge in [0.2, 0.25) is 10.0 Å². The van der Waals surface area contributed by atoms with E-state index in [0.717, 1.165) is 22.0 Å². The van der Waals surface area contributed by atoms with Crippen LogP contribution in [-0.2, 0) is 22.7 Å². The molecule has 0 atom stereocenters. The first-order valence-corrected chi connectivity index (χ1v) is 10.5. The van der Waals surface area contributed by atoms with Crippen LogP contribution in [0.4, 0.5) is 13.2 Å². The van der Waals surface area contributed by atoms with Crippen molar-refractivity contribution in [1.29, 1.82) is 5.26 Å². The molecule has 0 aliphatic carbocycles. The first-order valence-electron chi connectivity index (χ1n) is 8.69. The number of sulfonamides is 1. The molecule has 10 heteroatoms. The monoisotopic (exact) mass is 443 g/mol. The van der Waals surface area contributed by atoms with E-state index in [9.17, 15) is 21.6 Å². The van der Waals surface area contributed by atoms with Gasteiger partial charge in [0.25, 0.3) is 0 Å². The van der Waals surface area contributed by atoms with Gasteiger partial charge in [-0.3, -0.25) is 4.90 Å². The lowest BCUT2D eigenvalue weighted by Crippen LogP contribution is -2.48. The van der Waals surface area contributed by atoms with Crippen molar-refractivity contribution < 1.29 is 21.6 Å². The minimum atomic E-state index is -4.66. The third kappa shape index (κ3) is 4.90. The predicted octanol–water partition coefficient (Wildman–Crippen LogP) is 3.74. The second-order valence-corrected chi connectivity index (χ2v) is 8.95. The Morgan fingerprint density at radius 3 is 2.38 bits per heavy atom. The quantitative estimate of drug-likeness (QED) is 0.722. The van der Waals surface area contributed by atoms with Crippen LogP contribution in [0.1, 0.15) is 16.7 Å². The normalized spacial score (nSPS) is 16.5. The fraction of sp³-hybridized carbons (Fsp3) is 0.316. The second-order valence-electron chi connectivity index (χ2n) is 6.64. The zero-order valence-corrected chi connectivity index (χ0v) is 16.7. The molecule has 2 aromatic carbocycles. The molecule has 0 amide bonds. The molecule has 0 unspecified atom stereocenters. The molecule has 5 nitrogen and oxygen atoms in total. The Morgan fingerprint density at radius 2 is 1.76 bits per heavy atom. The highest BCUT2D eigenvalue weighted by molar-refractivity contribution is 7.89. The van der Waals surface area contributed by atoms with Crippen molar-refractivity contribution in [3.8, 4) is 6.07 Å². The summed E-state index contributed by atoms with van der Waals surface area (Å²) in [4.78, 5) is 1.49. The molecule has 0 aromatic heterocycles. The van der Waals surface area contributed by atoms with Crippen molar-refractivity contribution in [2.45, 2.75) is 17.6 Å². The Balaban J connectivity index is 1.72. The van der Waals surface area contributed by atoms with Crippen LogP contribution in [0.15, 0.2) is 47.4 Å². The van der Waals surface area contributed by atoms with Crippen LogP contribution in [0.2, 0.25) is 5.02 Å². The number of nitriles is 1. The van der Waals surface area contributed by atoms with Gasteiger partial charge < -0.3 is 0 Å². The Morgan fingerprint density at radius 1 is 1.07 bits per heavy atom. The highest BCUT2D eigenvalue weighted by Gasteiger charge is 2.35. The molecular weight excluding hydrogens is 427 g/mol. The van der Waals surface area contributed by atoms with Crippen molar-refractivity contribution in [2.24, 2.45) is 0 Å². The summed E-state index contributed by atoms with van der Waals surface area (Å²) < 4.78 is 65.8. The molecule has 0 bridgehead atoms. The van der Waals surface area contributed by atoms with Crippen molar-refractivity contribution in [1.82, 2.24) is 9.21 Å². The van der Waals surface area contributed by atoms with Gasteiger partial charge in [-0.05, 0) is 35.9 Å². The predicted molar refractivity (Wildman–Crippen MR) is 102 cm³/mol. The molecule has 1 aliphatic rings. The van der Waals surface area contributed by atoms with Gasteiger partial charge in [-0.25, -0.2) is 8.42 Å². The SMILES string of the molecule is N#Cc1cccc(CN2CCN(S(=O)(=O)c3cc(C(F)(F)F)ccc3Cl)CC2)c1. The Kier molecular flexibility index (Phi) is 6.19. The van der Waals surface area contributed by atoms with Gasteiger partial charge in [0.1, 0.15) is 4.90 Å². The van der Waals surface area contributed by atoms with Gasteiger partial charge in [0.15, 0.2) is 0 Å². The van der Waals surface area contributed by atoms with E-state index < -0.39 is 26.7 Å². The summed E-state index contributed by atoms with van der Waals surface area (Å²) >= 11 is 5.90. The lowest BCUT2D eigenvalue weighted by atomic mass is 10.1. The number of alkyl halides is 3. The van der Waals surface area contributed by atoms with Crippen LogP contribution in [0.5, 0.6) is 0 Å². The maximum absolute atomic E-state index is 13.0. The van der Waals surface area contributed by atoms with E-state index in [1.165, 1.54) is 0 Å². The van der Waals surface area contributed by atoms with E-state index in [4.69, 9.17) is 16.9 Å². The number of halogens is 4. The molecule has 1 aliphatic heterocycles. The Hall–Kier alpha value is -2.12. The fourth-order valence-electron chi connectivity index (χ4n) is 3.14. The Labute approximate surface area is 172 Å². The maximum atomic E-state index is 13.0. The number of rotatable bonds is 4. The maximum Gasteiger partial charge on any atom is 0.416 e. The van der Waals surface area contributed by atoms with E-state index in [2.05, 4.69) is 6.07 Å². The summed E-state index contributed by atoms with van der Waals surface area (Å²) in [6.45, 7) is 1.63. The fourth-order valence-corrected chi connectivity index (χ4v) is 5.06. The highest BCUT2D eigenvalue weighted by Crippen LogP contribution is 2.34. The molecule has 1 heterocycles. The highest BCUT2D eigenvalue weighted by atomic mass is 35.5. The van der Waals surface area contributed by atoms with Gasteiger partial charge >= 0.3 is 6.18 Å². The second kappa shape index (κ2) is 8.32. The summed E-state index contributed by atoms with van der Waals surface area (Å²) in [5, 5.41) is 8.73. The van der Waals surface area contributed by atoms with Crippen molar-refractivity contribution >= 4 is 21.6 Å². The summed E-state index contributed by atoms with van der Waals surface area (Å²) in [6.07, 6.45) is -4.66. The zero-order valence-electron chi connectivity index (χ0n) is 15.2. The van der Waals surface area contributed by atoms with Gasteiger partial charge in [-0.2, -0.15) is 22.7 Å². The van der Waals surface area contributed by atoms with E-state index in [1.807, 2.05) is 11.0 Å². The molecule has 1 fully saturated rings. The average molecular weight is 444 g/mol. The van der Waals surface area contributed by atoms with E-state index in [-0.39, 0.29) is 18.1 Å².